The van der Waals surface area contributed by atoms with E-state index in [-0.39, 0.29) is 0 Å². The summed E-state index contributed by atoms with van der Waals surface area (Å²) < 4.78 is 0. The highest BCUT2D eigenvalue weighted by Gasteiger charge is 2.27. The molecule has 160 valence electrons. The zero-order valence-electron chi connectivity index (χ0n) is 19.2. The Kier molecular flexibility index (Phi) is 2.40. The van der Waals surface area contributed by atoms with Gasteiger partial charge in [0.25, 0.3) is 0 Å². The predicted molar refractivity (Wildman–Crippen MR) is 157 cm³/mol. The monoisotopic (exact) mass is 448 g/mol. The fourth-order valence-electron chi connectivity index (χ4n) is 7.88. The van der Waals surface area contributed by atoms with Crippen LogP contribution in [0.25, 0.3) is 108 Å². The third kappa shape index (κ3) is 1.50. The number of hydrogen-bond acceptors (Lipinski definition) is 0. The van der Waals surface area contributed by atoms with Gasteiger partial charge in [-0.2, -0.15) is 0 Å². The van der Waals surface area contributed by atoms with Crippen LogP contribution in [0, 0.1) is 0 Å². The van der Waals surface area contributed by atoms with E-state index in [0.717, 1.165) is 0 Å². The van der Waals surface area contributed by atoms with Crippen molar-refractivity contribution in [2.45, 2.75) is 0 Å². The standard InChI is InChI=1S/C36H16/c1-3-7-19-17(5-1)21-9-11-23-25-13-15-27-28-16-14-26-24-12-10-22-18-6-2-4-8-20(18)30(22)32(24)34(26)36(28)35(27)33(25)31(23)29(19)21/h1-16H. The van der Waals surface area contributed by atoms with Gasteiger partial charge < -0.3 is 0 Å². The Labute approximate surface area is 204 Å². The number of rotatable bonds is 0. The van der Waals surface area contributed by atoms with Crippen molar-refractivity contribution in [3.05, 3.63) is 97.1 Å². The second-order valence-electron chi connectivity index (χ2n) is 10.7. The van der Waals surface area contributed by atoms with Crippen LogP contribution in [-0.2, 0) is 0 Å². The summed E-state index contributed by atoms with van der Waals surface area (Å²) in [5.41, 5.74) is 0. The third-order valence-corrected chi connectivity index (χ3v) is 9.42. The molecule has 0 saturated carbocycles. The van der Waals surface area contributed by atoms with Gasteiger partial charge in [-0.15, -0.1) is 0 Å². The molecule has 0 bridgehead atoms. The fourth-order valence-corrected chi connectivity index (χ4v) is 7.88. The van der Waals surface area contributed by atoms with E-state index in [2.05, 4.69) is 97.1 Å². The van der Waals surface area contributed by atoms with Crippen LogP contribution in [0.2, 0.25) is 0 Å². The van der Waals surface area contributed by atoms with Crippen molar-refractivity contribution in [1.29, 1.82) is 0 Å². The zero-order chi connectivity index (χ0) is 22.9. The summed E-state index contributed by atoms with van der Waals surface area (Å²) >= 11 is 0. The normalized spacial score (nSPS) is 13.6. The van der Waals surface area contributed by atoms with Crippen LogP contribution in [0.1, 0.15) is 0 Å². The molecule has 0 nitrogen and oxygen atoms in total. The van der Waals surface area contributed by atoms with E-state index < -0.39 is 0 Å². The molecule has 0 aromatic heterocycles. The molecular formula is C36H16. The Morgan fingerprint density at radius 3 is 0.667 bits per heavy atom. The predicted octanol–water partition coefficient (Wildman–Crippen LogP) is 10.4. The minimum absolute atomic E-state index is 1.40. The molecule has 0 heterocycles. The summed E-state index contributed by atoms with van der Waals surface area (Å²) in [6.45, 7) is 0. The molecule has 0 radical (unpaired) electrons. The smallest absolute Gasteiger partial charge is 0.000717 e. The summed E-state index contributed by atoms with van der Waals surface area (Å²) in [5.74, 6) is 0. The Balaban J connectivity index is 1.37. The lowest BCUT2D eigenvalue weighted by Crippen LogP contribution is -1.98. The quantitative estimate of drug-likeness (QED) is 0.216. The highest BCUT2D eigenvalue weighted by molar-refractivity contribution is 6.55. The summed E-state index contributed by atoms with van der Waals surface area (Å²) in [5, 5.41) is 28.8. The van der Waals surface area contributed by atoms with Gasteiger partial charge in [-0.1, -0.05) is 97.1 Å². The molecule has 0 amide bonds. The molecule has 0 heteroatoms. The highest BCUT2D eigenvalue weighted by Crippen LogP contribution is 2.56. The SMILES string of the molecule is c1ccc2c(c1)c1ccc3c4ccc5c6ccc7c8ccc9c%10ccccc%10c9c8c7c6c5c4c3c21. The van der Waals surface area contributed by atoms with Gasteiger partial charge >= 0.3 is 0 Å². The minimum Gasteiger partial charge on any atom is -0.0616 e. The van der Waals surface area contributed by atoms with E-state index in [1.807, 2.05) is 0 Å². The molecule has 0 atom stereocenters. The Bertz CT molecular complexity index is 2450. The Morgan fingerprint density at radius 1 is 0.167 bits per heavy atom. The average molecular weight is 449 g/mol. The summed E-state index contributed by atoms with van der Waals surface area (Å²) in [6, 6.07) is 36.5. The van der Waals surface area contributed by atoms with Gasteiger partial charge in [0.05, 0.1) is 0 Å². The first-order valence-corrected chi connectivity index (χ1v) is 12.8. The van der Waals surface area contributed by atoms with Crippen molar-refractivity contribution in [2.24, 2.45) is 0 Å². The lowest BCUT2D eigenvalue weighted by atomic mass is 9.76. The molecule has 36 heavy (non-hydrogen) atoms. The Morgan fingerprint density at radius 2 is 0.361 bits per heavy atom. The van der Waals surface area contributed by atoms with Crippen LogP contribution in [0.4, 0.5) is 0 Å². The van der Waals surface area contributed by atoms with E-state index in [1.54, 1.807) is 0 Å². The van der Waals surface area contributed by atoms with E-state index >= 15 is 0 Å². The second kappa shape index (κ2) is 5.12. The van der Waals surface area contributed by atoms with Crippen LogP contribution >= 0.6 is 0 Å². The van der Waals surface area contributed by atoms with Crippen molar-refractivity contribution >= 4 is 108 Å². The molecule has 0 saturated heterocycles. The molecule has 11 aromatic rings. The molecule has 0 aliphatic carbocycles. The van der Waals surface area contributed by atoms with E-state index in [1.165, 1.54) is 108 Å². The van der Waals surface area contributed by atoms with Crippen molar-refractivity contribution in [2.75, 3.05) is 0 Å². The first kappa shape index (κ1) is 16.9. The molecule has 0 aliphatic heterocycles. The molecule has 0 fully saturated rings. The first-order valence-electron chi connectivity index (χ1n) is 12.8. The van der Waals surface area contributed by atoms with Crippen LogP contribution in [0.5, 0.6) is 0 Å². The van der Waals surface area contributed by atoms with Crippen LogP contribution in [0.15, 0.2) is 97.1 Å². The highest BCUT2D eigenvalue weighted by atomic mass is 14.3. The largest absolute Gasteiger partial charge is 0.0616 e. The molecule has 0 N–H and O–H groups in total. The van der Waals surface area contributed by atoms with Crippen molar-refractivity contribution in [3.63, 3.8) is 0 Å². The summed E-state index contributed by atoms with van der Waals surface area (Å²) in [4.78, 5) is 0. The van der Waals surface area contributed by atoms with E-state index in [4.69, 9.17) is 0 Å². The summed E-state index contributed by atoms with van der Waals surface area (Å²) in [7, 11) is 0. The first-order chi connectivity index (χ1) is 17.9. The molecule has 0 spiro atoms. The zero-order valence-corrected chi connectivity index (χ0v) is 19.2. The third-order valence-electron chi connectivity index (χ3n) is 9.42. The molecule has 0 aliphatic rings. The second-order valence-corrected chi connectivity index (χ2v) is 10.7. The number of benzene rings is 6. The molecular weight excluding hydrogens is 432 g/mol. The minimum atomic E-state index is 1.40. The van der Waals surface area contributed by atoms with Gasteiger partial charge in [-0.05, 0) is 108 Å². The number of fused-ring (bicyclic) bond motifs is 24. The van der Waals surface area contributed by atoms with E-state index in [9.17, 15) is 0 Å². The topological polar surface area (TPSA) is 0 Å². The maximum Gasteiger partial charge on any atom is -0.000717 e. The molecule has 11 aromatic carbocycles. The fraction of sp³-hybridized carbons (Fsp3) is 0. The van der Waals surface area contributed by atoms with Crippen molar-refractivity contribution < 1.29 is 0 Å². The van der Waals surface area contributed by atoms with Crippen LogP contribution in [-0.4, -0.2) is 0 Å². The average Bonchev–Trinajstić information content (AvgIpc) is 2.89. The maximum absolute atomic E-state index is 2.36. The number of hydrogen-bond donors (Lipinski definition) is 0. The maximum atomic E-state index is 2.36. The van der Waals surface area contributed by atoms with Gasteiger partial charge in [0, 0.05) is 0 Å². The van der Waals surface area contributed by atoms with Crippen LogP contribution < -0.4 is 0 Å². The van der Waals surface area contributed by atoms with Gasteiger partial charge in [0.1, 0.15) is 0 Å². The Hall–Kier alpha value is -4.68. The lowest BCUT2D eigenvalue weighted by Gasteiger charge is -2.26. The van der Waals surface area contributed by atoms with Gasteiger partial charge in [-0.3, -0.25) is 0 Å². The summed E-state index contributed by atoms with van der Waals surface area (Å²) in [6.07, 6.45) is 0. The molecule has 0 unspecified atom stereocenters. The molecule has 11 rings (SSSR count). The lowest BCUT2D eigenvalue weighted by molar-refractivity contribution is 1.80. The van der Waals surface area contributed by atoms with Crippen molar-refractivity contribution in [3.8, 4) is 0 Å². The van der Waals surface area contributed by atoms with Gasteiger partial charge in [0.2, 0.25) is 0 Å². The van der Waals surface area contributed by atoms with Crippen molar-refractivity contribution in [1.82, 2.24) is 0 Å². The van der Waals surface area contributed by atoms with Gasteiger partial charge in [0.15, 0.2) is 0 Å². The van der Waals surface area contributed by atoms with E-state index in [0.29, 0.717) is 0 Å². The van der Waals surface area contributed by atoms with Gasteiger partial charge in [-0.25, -0.2) is 0 Å². The van der Waals surface area contributed by atoms with Crippen LogP contribution in [0.3, 0.4) is 0 Å².